The van der Waals surface area contributed by atoms with E-state index in [4.69, 9.17) is 0 Å². The number of hydrogen-bond donors (Lipinski definition) is 2. The first-order chi connectivity index (χ1) is 16.5. The number of para-hydroxylation sites is 1. The predicted molar refractivity (Wildman–Crippen MR) is 133 cm³/mol. The van der Waals surface area contributed by atoms with Crippen LogP contribution in [-0.2, 0) is 11.3 Å². The number of nitrogens with one attached hydrogen (secondary N) is 2. The molecule has 1 saturated heterocycles. The molecule has 4 rings (SSSR count). The first-order valence-corrected chi connectivity index (χ1v) is 13.0. The van der Waals surface area contributed by atoms with Crippen LogP contribution in [-0.4, -0.2) is 52.2 Å². The minimum atomic E-state index is -0.413. The third-order valence-corrected chi connectivity index (χ3v) is 7.19. The molecule has 1 fully saturated rings. The molecule has 0 saturated carbocycles. The van der Waals surface area contributed by atoms with Gasteiger partial charge in [-0.2, -0.15) is 0 Å². The van der Waals surface area contributed by atoms with Crippen molar-refractivity contribution in [2.75, 3.05) is 24.7 Å². The molecular weight excluding hydrogens is 470 g/mol. The highest BCUT2D eigenvalue weighted by Gasteiger charge is 2.30. The van der Waals surface area contributed by atoms with Crippen molar-refractivity contribution in [2.45, 2.75) is 24.3 Å². The molecule has 0 bridgehead atoms. The molecule has 1 aliphatic heterocycles. The smallest absolute Gasteiger partial charge is 0.286 e. The summed E-state index contributed by atoms with van der Waals surface area (Å²) in [6, 6.07) is 17.1. The second-order valence-electron chi connectivity index (χ2n) is 7.89. The zero-order valence-electron chi connectivity index (χ0n) is 18.7. The minimum Gasteiger partial charge on any atom is -0.352 e. The summed E-state index contributed by atoms with van der Waals surface area (Å²) in [5, 5.41) is 13.8. The largest absolute Gasteiger partial charge is 0.352 e. The van der Waals surface area contributed by atoms with Gasteiger partial charge in [0.2, 0.25) is 15.9 Å². The molecule has 10 heteroatoms. The van der Waals surface area contributed by atoms with Gasteiger partial charge < -0.3 is 15.5 Å². The molecular formula is C24H25N5O3S2. The number of piperidine rings is 1. The van der Waals surface area contributed by atoms with Crippen LogP contribution in [0.2, 0.25) is 0 Å². The van der Waals surface area contributed by atoms with Crippen molar-refractivity contribution in [3.63, 3.8) is 0 Å². The molecule has 1 unspecified atom stereocenters. The lowest BCUT2D eigenvalue weighted by atomic mass is 9.97. The molecule has 2 heterocycles. The van der Waals surface area contributed by atoms with E-state index in [-0.39, 0.29) is 27.7 Å². The average molecular weight is 496 g/mol. The Labute approximate surface area is 206 Å². The van der Waals surface area contributed by atoms with Crippen molar-refractivity contribution >= 4 is 46.5 Å². The fraction of sp³-hybridized carbons (Fsp3) is 0.292. The molecule has 2 N–H and O–H groups in total. The Morgan fingerprint density at radius 3 is 2.53 bits per heavy atom. The summed E-state index contributed by atoms with van der Waals surface area (Å²) in [6.07, 6.45) is 3.48. The highest BCUT2D eigenvalue weighted by molar-refractivity contribution is 7.98. The molecule has 8 nitrogen and oxygen atoms in total. The third-order valence-electron chi connectivity index (χ3n) is 5.54. The zero-order valence-corrected chi connectivity index (χ0v) is 20.3. The summed E-state index contributed by atoms with van der Waals surface area (Å²) < 4.78 is 0. The Morgan fingerprint density at radius 2 is 1.79 bits per heavy atom. The summed E-state index contributed by atoms with van der Waals surface area (Å²) >= 11 is 2.63. The fourth-order valence-electron chi connectivity index (χ4n) is 3.70. The molecule has 0 aliphatic carbocycles. The van der Waals surface area contributed by atoms with Gasteiger partial charge in [-0.3, -0.25) is 14.4 Å². The van der Waals surface area contributed by atoms with Crippen LogP contribution < -0.4 is 10.6 Å². The van der Waals surface area contributed by atoms with Crippen molar-refractivity contribution in [1.29, 1.82) is 0 Å². The van der Waals surface area contributed by atoms with Crippen molar-refractivity contribution in [2.24, 2.45) is 5.92 Å². The second kappa shape index (κ2) is 11.3. The standard InChI is InChI=1S/C24H25N5O3S2/c1-33-19-11-9-16(10-12-19)14-25-20(30)17-6-5-13-29(15-17)24(32)23-28-27-22(34-23)21(31)26-18-7-3-2-4-8-18/h2-4,7-12,17H,5-6,13-15H2,1H3,(H,25,30)(H,26,31). The summed E-state index contributed by atoms with van der Waals surface area (Å²) in [4.78, 5) is 40.9. The molecule has 0 spiro atoms. The SMILES string of the molecule is CSc1ccc(CNC(=O)C2CCCN(C(=O)c3nnc(C(=O)Nc4ccccc4)s3)C2)cc1. The number of anilines is 1. The van der Waals surface area contributed by atoms with E-state index in [0.29, 0.717) is 25.3 Å². The molecule has 3 aromatic rings. The van der Waals surface area contributed by atoms with E-state index in [9.17, 15) is 14.4 Å². The number of amides is 3. The van der Waals surface area contributed by atoms with Gasteiger partial charge >= 0.3 is 0 Å². The van der Waals surface area contributed by atoms with Crippen molar-refractivity contribution in [3.8, 4) is 0 Å². The van der Waals surface area contributed by atoms with E-state index in [1.807, 2.05) is 48.7 Å². The Morgan fingerprint density at radius 1 is 1.06 bits per heavy atom. The number of thioether (sulfide) groups is 1. The maximum atomic E-state index is 13.0. The van der Waals surface area contributed by atoms with Crippen molar-refractivity contribution < 1.29 is 14.4 Å². The summed E-state index contributed by atoms with van der Waals surface area (Å²) in [5.74, 6) is -1.06. The van der Waals surface area contributed by atoms with Crippen LogP contribution in [0.3, 0.4) is 0 Å². The number of likely N-dealkylation sites (tertiary alicyclic amines) is 1. The maximum Gasteiger partial charge on any atom is 0.286 e. The second-order valence-corrected chi connectivity index (χ2v) is 9.75. The van der Waals surface area contributed by atoms with Crippen molar-refractivity contribution in [1.82, 2.24) is 20.4 Å². The third kappa shape index (κ3) is 6.00. The average Bonchev–Trinajstić information content (AvgIpc) is 3.38. The summed E-state index contributed by atoms with van der Waals surface area (Å²) in [7, 11) is 0. The quantitative estimate of drug-likeness (QED) is 0.485. The van der Waals surface area contributed by atoms with Gasteiger partial charge in [0.05, 0.1) is 5.92 Å². The summed E-state index contributed by atoms with van der Waals surface area (Å²) in [6.45, 7) is 1.32. The van der Waals surface area contributed by atoms with Crippen LogP contribution in [0.1, 0.15) is 38.0 Å². The molecule has 1 aromatic heterocycles. The lowest BCUT2D eigenvalue weighted by Gasteiger charge is -2.31. The predicted octanol–water partition coefficient (Wildman–Crippen LogP) is 3.68. The topological polar surface area (TPSA) is 104 Å². The Kier molecular flexibility index (Phi) is 7.91. The summed E-state index contributed by atoms with van der Waals surface area (Å²) in [5.41, 5.74) is 1.67. The molecule has 1 aliphatic rings. The first-order valence-electron chi connectivity index (χ1n) is 10.9. The molecule has 176 valence electrons. The molecule has 34 heavy (non-hydrogen) atoms. The van der Waals surface area contributed by atoms with Gasteiger partial charge in [-0.1, -0.05) is 41.7 Å². The van der Waals surface area contributed by atoms with Crippen LogP contribution in [0.4, 0.5) is 5.69 Å². The van der Waals surface area contributed by atoms with Crippen molar-refractivity contribution in [3.05, 3.63) is 70.2 Å². The number of aromatic nitrogens is 2. The van der Waals surface area contributed by atoms with Crippen LogP contribution in [0.25, 0.3) is 0 Å². The minimum absolute atomic E-state index is 0.0633. The van der Waals surface area contributed by atoms with Gasteiger partial charge in [0.25, 0.3) is 11.8 Å². The van der Waals surface area contributed by atoms with E-state index in [2.05, 4.69) is 20.8 Å². The van der Waals surface area contributed by atoms with Gasteiger partial charge in [-0.05, 0) is 48.9 Å². The Balaban J connectivity index is 1.32. The van der Waals surface area contributed by atoms with E-state index >= 15 is 0 Å². The van der Waals surface area contributed by atoms with E-state index < -0.39 is 5.91 Å². The fourth-order valence-corrected chi connectivity index (χ4v) is 4.81. The van der Waals surface area contributed by atoms with E-state index in [1.165, 1.54) is 4.90 Å². The van der Waals surface area contributed by atoms with Crippen LogP contribution >= 0.6 is 23.1 Å². The van der Waals surface area contributed by atoms with Gasteiger partial charge in [-0.15, -0.1) is 22.0 Å². The number of rotatable bonds is 7. The number of nitrogens with zero attached hydrogens (tertiary/aromatic N) is 3. The van der Waals surface area contributed by atoms with Crippen LogP contribution in [0.15, 0.2) is 59.5 Å². The van der Waals surface area contributed by atoms with Gasteiger partial charge in [0.15, 0.2) is 0 Å². The normalized spacial score (nSPS) is 15.6. The van der Waals surface area contributed by atoms with Crippen LogP contribution in [0.5, 0.6) is 0 Å². The number of carbonyl (C=O) groups excluding carboxylic acids is 3. The molecule has 3 amide bonds. The molecule has 2 aromatic carbocycles. The Hall–Kier alpha value is -3.24. The Bertz CT molecular complexity index is 1150. The number of carbonyl (C=O) groups is 3. The molecule has 1 atom stereocenters. The van der Waals surface area contributed by atoms with Gasteiger partial charge in [0, 0.05) is 30.2 Å². The molecule has 0 radical (unpaired) electrons. The highest BCUT2D eigenvalue weighted by Crippen LogP contribution is 2.21. The number of benzene rings is 2. The zero-order chi connectivity index (χ0) is 23.9. The lowest BCUT2D eigenvalue weighted by molar-refractivity contribution is -0.126. The van der Waals surface area contributed by atoms with Gasteiger partial charge in [0.1, 0.15) is 0 Å². The monoisotopic (exact) mass is 495 g/mol. The number of hydrogen-bond acceptors (Lipinski definition) is 7. The highest BCUT2D eigenvalue weighted by atomic mass is 32.2. The maximum absolute atomic E-state index is 13.0. The van der Waals surface area contributed by atoms with Gasteiger partial charge in [-0.25, -0.2) is 0 Å². The van der Waals surface area contributed by atoms with E-state index in [1.54, 1.807) is 28.8 Å². The first kappa shape index (κ1) is 23.9. The van der Waals surface area contributed by atoms with Crippen LogP contribution in [0, 0.1) is 5.92 Å². The van der Waals surface area contributed by atoms with E-state index in [0.717, 1.165) is 29.7 Å². The lowest BCUT2D eigenvalue weighted by Crippen LogP contribution is -2.45.